The number of para-hydroxylation sites is 1. The maximum absolute atomic E-state index is 14.1. The van der Waals surface area contributed by atoms with E-state index in [4.69, 9.17) is 5.73 Å². The Morgan fingerprint density at radius 3 is 2.54 bits per heavy atom. The average molecular weight is 503 g/mol. The van der Waals surface area contributed by atoms with Crippen molar-refractivity contribution >= 4 is 26.6 Å². The number of benzene rings is 2. The summed E-state index contributed by atoms with van der Waals surface area (Å²) in [4.78, 5) is 23.2. The maximum Gasteiger partial charge on any atom is 0.289 e. The molecule has 3 N–H and O–H groups in total. The molecule has 11 heteroatoms. The van der Waals surface area contributed by atoms with Crippen LogP contribution in [0.4, 0.5) is 10.1 Å². The van der Waals surface area contributed by atoms with Gasteiger partial charge >= 0.3 is 0 Å². The number of sulfonamides is 1. The first-order valence-corrected chi connectivity index (χ1v) is 12.9. The summed E-state index contributed by atoms with van der Waals surface area (Å²) in [6.45, 7) is 1.70. The van der Waals surface area contributed by atoms with E-state index in [0.717, 1.165) is 6.07 Å². The Hall–Kier alpha value is -3.15. The molecule has 0 aliphatic heterocycles. The molecular weight excluding hydrogens is 475 g/mol. The second-order valence-electron chi connectivity index (χ2n) is 9.07. The summed E-state index contributed by atoms with van der Waals surface area (Å²) in [5.41, 5.74) is 6.16. The average Bonchev–Trinajstić information content (AvgIpc) is 2.81. The Balaban J connectivity index is 1.78. The molecule has 1 aromatic heterocycles. The number of nitro benzene ring substituents is 1. The number of nitrogens with zero attached hydrogens (tertiary/aromatic N) is 2. The smallest absolute Gasteiger partial charge is 0.289 e. The second kappa shape index (κ2) is 9.84. The van der Waals surface area contributed by atoms with E-state index in [1.807, 2.05) is 0 Å². The number of pyridine rings is 1. The van der Waals surface area contributed by atoms with E-state index in [9.17, 15) is 27.7 Å². The third-order valence-electron chi connectivity index (χ3n) is 6.70. The largest absolute Gasteiger partial charge is 0.328 e. The zero-order chi connectivity index (χ0) is 25.3. The number of halogens is 1. The van der Waals surface area contributed by atoms with Gasteiger partial charge in [-0.05, 0) is 68.4 Å². The molecule has 0 radical (unpaired) electrons. The van der Waals surface area contributed by atoms with Crippen LogP contribution in [0.25, 0.3) is 10.9 Å². The molecule has 1 aliphatic carbocycles. The van der Waals surface area contributed by atoms with Gasteiger partial charge in [-0.25, -0.2) is 17.5 Å². The van der Waals surface area contributed by atoms with Gasteiger partial charge in [-0.1, -0.05) is 12.1 Å². The molecule has 4 rings (SSSR count). The summed E-state index contributed by atoms with van der Waals surface area (Å²) >= 11 is 0. The van der Waals surface area contributed by atoms with Crippen molar-refractivity contribution in [1.29, 1.82) is 0 Å². The first-order valence-electron chi connectivity index (χ1n) is 11.4. The van der Waals surface area contributed by atoms with Crippen molar-refractivity contribution in [1.82, 2.24) is 9.29 Å². The van der Waals surface area contributed by atoms with Crippen LogP contribution in [0.3, 0.4) is 0 Å². The molecule has 186 valence electrons. The summed E-state index contributed by atoms with van der Waals surface area (Å²) in [7, 11) is -4.31. The number of hydrogen-bond acceptors (Lipinski definition) is 6. The molecule has 2 aromatic carbocycles. The number of aromatic nitrogens is 1. The van der Waals surface area contributed by atoms with Crippen molar-refractivity contribution in [2.75, 3.05) is 0 Å². The zero-order valence-electron chi connectivity index (χ0n) is 19.2. The summed E-state index contributed by atoms with van der Waals surface area (Å²) < 4.78 is 44.8. The predicted octanol–water partition coefficient (Wildman–Crippen LogP) is 3.22. The lowest BCUT2D eigenvalue weighted by Gasteiger charge is -2.33. The minimum absolute atomic E-state index is 0.00995. The fraction of sp³-hybridized carbons (Fsp3) is 0.375. The fourth-order valence-electron chi connectivity index (χ4n) is 4.83. The van der Waals surface area contributed by atoms with Crippen molar-refractivity contribution in [3.05, 3.63) is 80.4 Å². The van der Waals surface area contributed by atoms with Crippen molar-refractivity contribution in [2.45, 2.75) is 56.1 Å². The topological polar surface area (TPSA) is 137 Å². The molecule has 1 unspecified atom stereocenters. The number of rotatable bonds is 7. The van der Waals surface area contributed by atoms with E-state index in [1.165, 1.54) is 41.0 Å². The number of nitrogens with two attached hydrogens (primary N) is 1. The van der Waals surface area contributed by atoms with E-state index in [1.54, 1.807) is 13.0 Å². The van der Waals surface area contributed by atoms with Crippen molar-refractivity contribution in [3.8, 4) is 0 Å². The summed E-state index contributed by atoms with van der Waals surface area (Å²) in [5, 5.41) is 12.1. The van der Waals surface area contributed by atoms with Crippen LogP contribution < -0.4 is 16.0 Å². The maximum atomic E-state index is 14.1. The lowest BCUT2D eigenvalue weighted by atomic mass is 9.82. The minimum atomic E-state index is -4.31. The van der Waals surface area contributed by atoms with Crippen molar-refractivity contribution < 1.29 is 17.7 Å². The van der Waals surface area contributed by atoms with E-state index in [-0.39, 0.29) is 24.1 Å². The van der Waals surface area contributed by atoms with E-state index < -0.39 is 37.4 Å². The predicted molar refractivity (Wildman–Crippen MR) is 130 cm³/mol. The van der Waals surface area contributed by atoms with Crippen LogP contribution in [0, 0.1) is 28.8 Å². The second-order valence-corrected chi connectivity index (χ2v) is 10.7. The number of aryl methyl sites for hydroxylation is 1. The highest BCUT2D eigenvalue weighted by molar-refractivity contribution is 7.89. The van der Waals surface area contributed by atoms with Crippen LogP contribution in [-0.4, -0.2) is 30.0 Å². The third kappa shape index (κ3) is 5.26. The molecule has 35 heavy (non-hydrogen) atoms. The van der Waals surface area contributed by atoms with Gasteiger partial charge in [0.1, 0.15) is 5.82 Å². The van der Waals surface area contributed by atoms with Gasteiger partial charge in [0.15, 0.2) is 4.90 Å². The Kier molecular flexibility index (Phi) is 7.02. The molecule has 1 atom stereocenters. The summed E-state index contributed by atoms with van der Waals surface area (Å²) in [6, 6.07) is 9.94. The highest BCUT2D eigenvalue weighted by Gasteiger charge is 2.33. The first-order chi connectivity index (χ1) is 16.6. The Bertz CT molecular complexity index is 1430. The lowest BCUT2D eigenvalue weighted by molar-refractivity contribution is -0.387. The van der Waals surface area contributed by atoms with E-state index in [0.29, 0.717) is 42.1 Å². The van der Waals surface area contributed by atoms with Crippen molar-refractivity contribution in [2.24, 2.45) is 11.7 Å². The number of nitrogens with one attached hydrogen (secondary N) is 1. The van der Waals surface area contributed by atoms with Crippen molar-refractivity contribution in [3.63, 3.8) is 0 Å². The van der Waals surface area contributed by atoms with E-state index >= 15 is 0 Å². The van der Waals surface area contributed by atoms with Gasteiger partial charge in [-0.2, -0.15) is 0 Å². The van der Waals surface area contributed by atoms with Gasteiger partial charge in [0, 0.05) is 36.1 Å². The number of nitro groups is 1. The molecule has 1 heterocycles. The van der Waals surface area contributed by atoms with Crippen LogP contribution >= 0.6 is 0 Å². The molecule has 3 aromatic rings. The Labute approximate surface area is 202 Å². The van der Waals surface area contributed by atoms with Crippen LogP contribution in [-0.2, 0) is 16.6 Å². The molecule has 0 saturated heterocycles. The molecular formula is C24H27FN4O5S. The molecule has 0 bridgehead atoms. The van der Waals surface area contributed by atoms with Crippen LogP contribution in [0.1, 0.15) is 31.2 Å². The fourth-order valence-corrected chi connectivity index (χ4v) is 6.30. The molecule has 1 saturated carbocycles. The van der Waals surface area contributed by atoms with Gasteiger partial charge < -0.3 is 10.3 Å². The van der Waals surface area contributed by atoms with Gasteiger partial charge in [-0.15, -0.1) is 0 Å². The Morgan fingerprint density at radius 2 is 1.86 bits per heavy atom. The number of fused-ring (bicyclic) bond motifs is 1. The molecule has 1 aliphatic rings. The van der Waals surface area contributed by atoms with Crippen LogP contribution in [0.2, 0.25) is 0 Å². The highest BCUT2D eigenvalue weighted by atomic mass is 32.2. The number of hydrogen-bond donors (Lipinski definition) is 2. The standard InChI is InChI=1S/C24H27FN4O5S/c1-15-12-24(30)28(22-13-17(25)8-11-19(15)22)14-20(16-6-9-18(26)10-7-16)27-35(33,34)23-5-3-2-4-21(23)29(31)32/h2-5,8,11-13,16,18,20,27H,6-7,9-10,14,26H2,1H3/t16-,18-,20?. The zero-order valence-corrected chi connectivity index (χ0v) is 20.0. The summed E-state index contributed by atoms with van der Waals surface area (Å²) in [5.74, 6) is -0.680. The molecule has 1 fully saturated rings. The van der Waals surface area contributed by atoms with Gasteiger partial charge in [0.2, 0.25) is 10.0 Å². The highest BCUT2D eigenvalue weighted by Crippen LogP contribution is 2.30. The van der Waals surface area contributed by atoms with Gasteiger partial charge in [0.05, 0.1) is 10.4 Å². The third-order valence-corrected chi connectivity index (χ3v) is 8.24. The monoisotopic (exact) mass is 502 g/mol. The molecule has 9 nitrogen and oxygen atoms in total. The SMILES string of the molecule is Cc1cc(=O)n(CC(NS(=O)(=O)c2ccccc2[N+](=O)[O-])[C@H]2CC[C@H](N)CC2)c2cc(F)ccc12. The first kappa shape index (κ1) is 25.0. The summed E-state index contributed by atoms with van der Waals surface area (Å²) in [6.07, 6.45) is 2.62. The van der Waals surface area contributed by atoms with E-state index in [2.05, 4.69) is 4.72 Å². The molecule has 0 amide bonds. The van der Waals surface area contributed by atoms with Gasteiger partial charge in [-0.3, -0.25) is 14.9 Å². The van der Waals surface area contributed by atoms with Gasteiger partial charge in [0.25, 0.3) is 11.2 Å². The minimum Gasteiger partial charge on any atom is -0.328 e. The molecule has 0 spiro atoms. The lowest BCUT2D eigenvalue weighted by Crippen LogP contribution is -2.46. The quantitative estimate of drug-likeness (QED) is 0.376. The van der Waals surface area contributed by atoms with Crippen LogP contribution in [0.15, 0.2) is 58.2 Å². The normalized spacial score (nSPS) is 19.5. The Morgan fingerprint density at radius 1 is 1.17 bits per heavy atom. The van der Waals surface area contributed by atoms with Crippen LogP contribution in [0.5, 0.6) is 0 Å².